The standard InChI is InChI=1S/C17H26N3O2/c1-3-9-21-16(7-1)11-13-5-6-14-12-17(8-2-4-10-22-17)19-15(18-16)20(13)14/h13-14H,1-12H2/q+1/t13-,14+,16-,17+. The molecule has 5 aliphatic rings. The van der Waals surface area contributed by atoms with Crippen LogP contribution in [0.1, 0.15) is 64.2 Å². The van der Waals surface area contributed by atoms with Crippen LogP contribution in [0.4, 0.5) is 0 Å². The molecule has 5 rings (SSSR count). The zero-order chi connectivity index (χ0) is 14.6. The number of hydrogen-bond donors (Lipinski definition) is 0. The summed E-state index contributed by atoms with van der Waals surface area (Å²) in [5.41, 5.74) is -0.555. The molecule has 2 radical (unpaired) electrons. The fourth-order valence-corrected chi connectivity index (χ4v) is 5.19. The zero-order valence-corrected chi connectivity index (χ0v) is 13.3. The third kappa shape index (κ3) is 2.01. The van der Waals surface area contributed by atoms with E-state index in [-0.39, 0.29) is 11.4 Å². The molecule has 5 aliphatic heterocycles. The maximum absolute atomic E-state index is 6.17. The van der Waals surface area contributed by atoms with Gasteiger partial charge >= 0.3 is 5.96 Å². The predicted octanol–water partition coefficient (Wildman–Crippen LogP) is 1.72. The van der Waals surface area contributed by atoms with Gasteiger partial charge in [0.1, 0.15) is 0 Å². The van der Waals surface area contributed by atoms with Crippen molar-refractivity contribution in [2.24, 2.45) is 0 Å². The Morgan fingerprint density at radius 2 is 1.73 bits per heavy atom. The third-order valence-electron chi connectivity index (χ3n) is 6.23. The van der Waals surface area contributed by atoms with Gasteiger partial charge in [0, 0.05) is 25.7 Å². The molecule has 0 N–H and O–H groups in total. The molecular weight excluding hydrogens is 278 g/mol. The van der Waals surface area contributed by atoms with Gasteiger partial charge in [-0.05, 0) is 38.5 Å². The minimum Gasteiger partial charge on any atom is -0.340 e. The van der Waals surface area contributed by atoms with Gasteiger partial charge in [-0.25, -0.2) is 0 Å². The predicted molar refractivity (Wildman–Crippen MR) is 82.2 cm³/mol. The lowest BCUT2D eigenvalue weighted by Crippen LogP contribution is -2.68. The largest absolute Gasteiger partial charge is 0.424 e. The van der Waals surface area contributed by atoms with Gasteiger partial charge in [-0.3, -0.25) is 4.90 Å². The minimum absolute atomic E-state index is 0.277. The van der Waals surface area contributed by atoms with Crippen LogP contribution >= 0.6 is 0 Å². The highest BCUT2D eigenvalue weighted by Crippen LogP contribution is 2.44. The van der Waals surface area contributed by atoms with E-state index in [2.05, 4.69) is 4.90 Å². The summed E-state index contributed by atoms with van der Waals surface area (Å²) < 4.78 is 12.3. The number of rotatable bonds is 0. The fraction of sp³-hybridized carbons (Fsp3) is 0.941. The molecule has 5 nitrogen and oxygen atoms in total. The molecule has 0 aromatic carbocycles. The van der Waals surface area contributed by atoms with Crippen molar-refractivity contribution in [2.45, 2.75) is 87.7 Å². The molecule has 0 aliphatic carbocycles. The van der Waals surface area contributed by atoms with Crippen molar-refractivity contribution in [1.82, 2.24) is 15.2 Å². The van der Waals surface area contributed by atoms with Crippen LogP contribution in [-0.2, 0) is 9.47 Å². The van der Waals surface area contributed by atoms with Crippen molar-refractivity contribution >= 4 is 5.96 Å². The van der Waals surface area contributed by atoms with E-state index in [1.54, 1.807) is 0 Å². The molecular formula is C17H26N3O2+. The molecule has 0 aromatic rings. The average molecular weight is 304 g/mol. The summed E-state index contributed by atoms with van der Waals surface area (Å²) in [4.78, 5) is 7.57. The quantitative estimate of drug-likeness (QED) is 0.684. The second-order valence-corrected chi connectivity index (χ2v) is 7.73. The van der Waals surface area contributed by atoms with E-state index in [4.69, 9.17) is 19.8 Å². The van der Waals surface area contributed by atoms with Crippen LogP contribution in [0.5, 0.6) is 0 Å². The van der Waals surface area contributed by atoms with E-state index in [1.165, 1.54) is 38.5 Å². The minimum atomic E-state index is -0.277. The molecule has 0 unspecified atom stereocenters. The SMILES string of the molecule is C1CC[C@]2(C[C@H]3CC[C@H]4C[C@@]5(CCCCO5)[N+]=C([N]2)N34)OC1. The molecule has 0 bridgehead atoms. The van der Waals surface area contributed by atoms with E-state index >= 15 is 0 Å². The molecule has 22 heavy (non-hydrogen) atoms. The monoisotopic (exact) mass is 304 g/mol. The second kappa shape index (κ2) is 4.84. The summed E-state index contributed by atoms with van der Waals surface area (Å²) in [6.07, 6.45) is 11.6. The number of nitrogens with zero attached hydrogens (tertiary/aromatic N) is 3. The van der Waals surface area contributed by atoms with E-state index in [0.29, 0.717) is 12.1 Å². The number of guanidine groups is 1. The molecule has 120 valence electrons. The Morgan fingerprint density at radius 1 is 0.955 bits per heavy atom. The van der Waals surface area contributed by atoms with Crippen LogP contribution in [0.25, 0.3) is 0 Å². The lowest BCUT2D eigenvalue weighted by molar-refractivity contribution is -0.136. The van der Waals surface area contributed by atoms with Crippen LogP contribution in [0.15, 0.2) is 0 Å². The molecule has 4 saturated heterocycles. The lowest BCUT2D eigenvalue weighted by Gasteiger charge is -2.45. The van der Waals surface area contributed by atoms with Gasteiger partial charge < -0.3 is 9.47 Å². The topological polar surface area (TPSA) is 49.9 Å². The maximum Gasteiger partial charge on any atom is 0.424 e. The van der Waals surface area contributed by atoms with Crippen molar-refractivity contribution in [1.29, 1.82) is 0 Å². The highest BCUT2D eigenvalue weighted by atomic mass is 16.5. The van der Waals surface area contributed by atoms with E-state index in [1.807, 2.05) is 0 Å². The van der Waals surface area contributed by atoms with Crippen LogP contribution in [0.3, 0.4) is 0 Å². The lowest BCUT2D eigenvalue weighted by atomic mass is 9.91. The first-order chi connectivity index (χ1) is 10.8. The molecule has 0 saturated carbocycles. The number of ether oxygens (including phenoxy) is 2. The molecule has 2 spiro atoms. The zero-order valence-electron chi connectivity index (χ0n) is 13.3. The van der Waals surface area contributed by atoms with Gasteiger partial charge in [-0.15, -0.1) is 0 Å². The van der Waals surface area contributed by atoms with Gasteiger partial charge in [0.15, 0.2) is 0 Å². The molecule has 5 heteroatoms. The Morgan fingerprint density at radius 3 is 2.45 bits per heavy atom. The summed E-state index contributed by atoms with van der Waals surface area (Å²) in [6, 6.07) is 1.17. The van der Waals surface area contributed by atoms with Crippen molar-refractivity contribution in [2.75, 3.05) is 13.2 Å². The van der Waals surface area contributed by atoms with Crippen LogP contribution in [0, 0.1) is 0 Å². The molecule has 5 heterocycles. The van der Waals surface area contributed by atoms with Crippen molar-refractivity contribution in [3.05, 3.63) is 0 Å². The van der Waals surface area contributed by atoms with Crippen molar-refractivity contribution in [3.8, 4) is 0 Å². The fourth-order valence-electron chi connectivity index (χ4n) is 5.19. The number of hydrogen-bond acceptors (Lipinski definition) is 4. The molecule has 4 fully saturated rings. The Hall–Kier alpha value is -0.810. The summed E-state index contributed by atoms with van der Waals surface area (Å²) in [6.45, 7) is 1.71. The van der Waals surface area contributed by atoms with Crippen LogP contribution < -0.4 is 10.3 Å². The van der Waals surface area contributed by atoms with Gasteiger partial charge in [0.2, 0.25) is 11.4 Å². The molecule has 4 atom stereocenters. The highest BCUT2D eigenvalue weighted by Gasteiger charge is 2.61. The van der Waals surface area contributed by atoms with Crippen LogP contribution in [0.2, 0.25) is 0 Å². The Bertz CT molecular complexity index is 480. The maximum atomic E-state index is 6.17. The highest BCUT2D eigenvalue weighted by molar-refractivity contribution is 5.82. The van der Waals surface area contributed by atoms with Gasteiger partial charge in [-0.2, -0.15) is 0 Å². The van der Waals surface area contributed by atoms with Gasteiger partial charge in [0.05, 0.1) is 25.3 Å². The Labute approximate surface area is 132 Å². The van der Waals surface area contributed by atoms with Crippen LogP contribution in [-0.4, -0.2) is 47.6 Å². The van der Waals surface area contributed by atoms with Gasteiger partial charge in [0.25, 0.3) is 0 Å². The summed E-state index contributed by atoms with van der Waals surface area (Å²) >= 11 is 0. The Balaban J connectivity index is 1.49. The number of aliphatic imine (C=N–C) groups is 1. The Kier molecular flexibility index (Phi) is 3.00. The molecule has 0 aromatic heterocycles. The van der Waals surface area contributed by atoms with Crippen molar-refractivity contribution in [3.63, 3.8) is 0 Å². The normalized spacial score (nSPS) is 47.3. The summed E-state index contributed by atoms with van der Waals surface area (Å²) in [5, 5.41) is 5.06. The van der Waals surface area contributed by atoms with E-state index < -0.39 is 0 Å². The smallest absolute Gasteiger partial charge is 0.340 e. The van der Waals surface area contributed by atoms with E-state index in [9.17, 15) is 0 Å². The first-order valence-electron chi connectivity index (χ1n) is 9.17. The third-order valence-corrected chi connectivity index (χ3v) is 6.23. The summed E-state index contributed by atoms with van der Waals surface area (Å²) in [5.74, 6) is 0.953. The molecule has 0 amide bonds. The first kappa shape index (κ1) is 13.6. The first-order valence-corrected chi connectivity index (χ1v) is 9.17. The average Bonchev–Trinajstić information content (AvgIpc) is 2.91. The summed E-state index contributed by atoms with van der Waals surface area (Å²) in [7, 11) is 0. The van der Waals surface area contributed by atoms with Gasteiger partial charge in [-0.1, -0.05) is 10.3 Å². The van der Waals surface area contributed by atoms with Crippen molar-refractivity contribution < 1.29 is 9.47 Å². The second-order valence-electron chi connectivity index (χ2n) is 7.73. The van der Waals surface area contributed by atoms with E-state index in [0.717, 1.165) is 44.9 Å².